The molecule has 82 valence electrons. The summed E-state index contributed by atoms with van der Waals surface area (Å²) >= 11 is 5.98. The highest BCUT2D eigenvalue weighted by molar-refractivity contribution is 6.30. The van der Waals surface area contributed by atoms with Crippen LogP contribution in [0.5, 0.6) is 0 Å². The van der Waals surface area contributed by atoms with Crippen LogP contribution in [-0.4, -0.2) is 20.3 Å². The number of benzene rings is 1. The third-order valence-corrected chi connectivity index (χ3v) is 3.12. The van der Waals surface area contributed by atoms with Crippen LogP contribution in [0.25, 0.3) is 0 Å². The maximum absolute atomic E-state index is 5.98. The minimum absolute atomic E-state index is 0.663. The zero-order valence-electron chi connectivity index (χ0n) is 8.92. The van der Waals surface area contributed by atoms with Gasteiger partial charge in [0.05, 0.1) is 0 Å². The first-order chi connectivity index (χ1) is 7.29. The molecular formula is C12H16ClNO. The van der Waals surface area contributed by atoms with Crippen molar-refractivity contribution in [2.45, 2.75) is 12.8 Å². The number of fused-ring (bicyclic) bond motifs is 1. The van der Waals surface area contributed by atoms with Crippen molar-refractivity contribution < 1.29 is 4.74 Å². The second-order valence-electron chi connectivity index (χ2n) is 4.03. The molecule has 0 fully saturated rings. The van der Waals surface area contributed by atoms with Crippen molar-refractivity contribution >= 4 is 17.3 Å². The molecule has 15 heavy (non-hydrogen) atoms. The van der Waals surface area contributed by atoms with Gasteiger partial charge in [0.1, 0.15) is 0 Å². The monoisotopic (exact) mass is 225 g/mol. The van der Waals surface area contributed by atoms with Gasteiger partial charge in [-0.15, -0.1) is 0 Å². The fourth-order valence-corrected chi connectivity index (χ4v) is 2.22. The van der Waals surface area contributed by atoms with Crippen LogP contribution in [0.1, 0.15) is 12.0 Å². The number of hydrogen-bond acceptors (Lipinski definition) is 2. The summed E-state index contributed by atoms with van der Waals surface area (Å²) in [4.78, 5) is 0. The van der Waals surface area contributed by atoms with Crippen molar-refractivity contribution in [2.75, 3.05) is 25.6 Å². The molecule has 0 spiro atoms. The van der Waals surface area contributed by atoms with E-state index in [0.717, 1.165) is 31.0 Å². The van der Waals surface area contributed by atoms with Gasteiger partial charge >= 0.3 is 0 Å². The SMILES string of the molecule is COCCC1CNc2ccc(Cl)cc2C1. The van der Waals surface area contributed by atoms with E-state index in [2.05, 4.69) is 17.4 Å². The third kappa shape index (κ3) is 2.64. The Morgan fingerprint density at radius 3 is 3.20 bits per heavy atom. The Morgan fingerprint density at radius 2 is 2.40 bits per heavy atom. The first kappa shape index (κ1) is 10.8. The highest BCUT2D eigenvalue weighted by Gasteiger charge is 2.17. The summed E-state index contributed by atoms with van der Waals surface area (Å²) in [6.07, 6.45) is 2.21. The summed E-state index contributed by atoms with van der Waals surface area (Å²) in [7, 11) is 1.75. The Morgan fingerprint density at radius 1 is 1.53 bits per heavy atom. The smallest absolute Gasteiger partial charge is 0.0465 e. The second kappa shape index (κ2) is 4.86. The van der Waals surface area contributed by atoms with Gasteiger partial charge < -0.3 is 10.1 Å². The normalized spacial score (nSPS) is 19.5. The van der Waals surface area contributed by atoms with E-state index in [4.69, 9.17) is 16.3 Å². The number of nitrogens with one attached hydrogen (secondary N) is 1. The molecule has 1 atom stereocenters. The molecule has 0 bridgehead atoms. The Labute approximate surface area is 95.6 Å². The van der Waals surface area contributed by atoms with E-state index < -0.39 is 0 Å². The van der Waals surface area contributed by atoms with Crippen LogP contribution in [0, 0.1) is 5.92 Å². The molecule has 0 radical (unpaired) electrons. The minimum atomic E-state index is 0.663. The predicted molar refractivity (Wildman–Crippen MR) is 63.6 cm³/mol. The van der Waals surface area contributed by atoms with E-state index >= 15 is 0 Å². The molecule has 1 N–H and O–H groups in total. The molecule has 2 nitrogen and oxygen atoms in total. The summed E-state index contributed by atoms with van der Waals surface area (Å²) in [5, 5.41) is 4.26. The summed E-state index contributed by atoms with van der Waals surface area (Å²) < 4.78 is 5.10. The Bertz CT molecular complexity index is 340. The van der Waals surface area contributed by atoms with E-state index in [9.17, 15) is 0 Å². The zero-order chi connectivity index (χ0) is 10.7. The van der Waals surface area contributed by atoms with Crippen LogP contribution >= 0.6 is 11.6 Å². The van der Waals surface area contributed by atoms with E-state index in [1.54, 1.807) is 7.11 Å². The molecule has 1 aromatic carbocycles. The van der Waals surface area contributed by atoms with Crippen molar-refractivity contribution in [1.29, 1.82) is 0 Å². The molecule has 0 saturated heterocycles. The topological polar surface area (TPSA) is 21.3 Å². The van der Waals surface area contributed by atoms with E-state index in [1.807, 2.05) is 6.07 Å². The lowest BCUT2D eigenvalue weighted by molar-refractivity contribution is 0.178. The Balaban J connectivity index is 2.05. The first-order valence-corrected chi connectivity index (χ1v) is 5.68. The standard InChI is InChI=1S/C12H16ClNO/c1-15-5-4-9-6-10-7-11(13)2-3-12(10)14-8-9/h2-3,7,9,14H,4-6,8H2,1H3. The van der Waals surface area contributed by atoms with E-state index in [-0.39, 0.29) is 0 Å². The largest absolute Gasteiger partial charge is 0.385 e. The fourth-order valence-electron chi connectivity index (χ4n) is 2.03. The highest BCUT2D eigenvalue weighted by Crippen LogP contribution is 2.28. The van der Waals surface area contributed by atoms with Gasteiger partial charge in [-0.2, -0.15) is 0 Å². The summed E-state index contributed by atoms with van der Waals surface area (Å²) in [6, 6.07) is 6.05. The number of rotatable bonds is 3. The number of hydrogen-bond donors (Lipinski definition) is 1. The summed E-state index contributed by atoms with van der Waals surface area (Å²) in [6.45, 7) is 1.88. The number of methoxy groups -OCH3 is 1. The van der Waals surface area contributed by atoms with Crippen molar-refractivity contribution in [2.24, 2.45) is 5.92 Å². The fraction of sp³-hybridized carbons (Fsp3) is 0.500. The van der Waals surface area contributed by atoms with Gasteiger partial charge in [0, 0.05) is 31.0 Å². The molecule has 0 saturated carbocycles. The molecule has 0 amide bonds. The quantitative estimate of drug-likeness (QED) is 0.854. The molecule has 1 aromatic rings. The van der Waals surface area contributed by atoms with Crippen molar-refractivity contribution in [3.05, 3.63) is 28.8 Å². The molecule has 1 aliphatic rings. The first-order valence-electron chi connectivity index (χ1n) is 5.31. The molecule has 3 heteroatoms. The maximum Gasteiger partial charge on any atom is 0.0465 e. The highest BCUT2D eigenvalue weighted by atomic mass is 35.5. The van der Waals surface area contributed by atoms with E-state index in [0.29, 0.717) is 5.92 Å². The predicted octanol–water partition coefficient (Wildman–Crippen LogP) is 2.96. The maximum atomic E-state index is 5.98. The van der Waals surface area contributed by atoms with Crippen molar-refractivity contribution in [3.63, 3.8) is 0 Å². The summed E-state index contributed by atoms with van der Waals surface area (Å²) in [5.74, 6) is 0.663. The van der Waals surface area contributed by atoms with Crippen LogP contribution in [0.15, 0.2) is 18.2 Å². The summed E-state index contributed by atoms with van der Waals surface area (Å²) in [5.41, 5.74) is 2.56. The van der Waals surface area contributed by atoms with Gasteiger partial charge in [0.15, 0.2) is 0 Å². The van der Waals surface area contributed by atoms with Gasteiger partial charge in [0.25, 0.3) is 0 Å². The average molecular weight is 226 g/mol. The molecule has 2 rings (SSSR count). The number of anilines is 1. The van der Waals surface area contributed by atoms with Gasteiger partial charge in [-0.1, -0.05) is 11.6 Å². The number of halogens is 1. The molecule has 1 unspecified atom stereocenters. The van der Waals surface area contributed by atoms with Crippen LogP contribution in [0.2, 0.25) is 5.02 Å². The number of ether oxygens (including phenoxy) is 1. The van der Waals surface area contributed by atoms with Gasteiger partial charge in [0.2, 0.25) is 0 Å². The minimum Gasteiger partial charge on any atom is -0.385 e. The second-order valence-corrected chi connectivity index (χ2v) is 4.47. The molecular weight excluding hydrogens is 210 g/mol. The Hall–Kier alpha value is -0.730. The van der Waals surface area contributed by atoms with Crippen LogP contribution < -0.4 is 5.32 Å². The van der Waals surface area contributed by atoms with Crippen LogP contribution in [0.3, 0.4) is 0 Å². The Kier molecular flexibility index (Phi) is 3.49. The lowest BCUT2D eigenvalue weighted by Gasteiger charge is -2.26. The lowest BCUT2D eigenvalue weighted by Crippen LogP contribution is -2.24. The zero-order valence-corrected chi connectivity index (χ0v) is 9.68. The third-order valence-electron chi connectivity index (χ3n) is 2.89. The molecule has 1 aliphatic heterocycles. The van der Waals surface area contributed by atoms with E-state index in [1.165, 1.54) is 11.3 Å². The van der Waals surface area contributed by atoms with Crippen LogP contribution in [0.4, 0.5) is 5.69 Å². The van der Waals surface area contributed by atoms with Crippen LogP contribution in [-0.2, 0) is 11.2 Å². The van der Waals surface area contributed by atoms with Gasteiger partial charge in [-0.25, -0.2) is 0 Å². The lowest BCUT2D eigenvalue weighted by atomic mass is 9.92. The molecule has 0 aliphatic carbocycles. The molecule has 0 aromatic heterocycles. The van der Waals surface area contributed by atoms with Crippen molar-refractivity contribution in [3.8, 4) is 0 Å². The van der Waals surface area contributed by atoms with Crippen molar-refractivity contribution in [1.82, 2.24) is 0 Å². The van der Waals surface area contributed by atoms with Gasteiger partial charge in [-0.3, -0.25) is 0 Å². The molecule has 1 heterocycles. The van der Waals surface area contributed by atoms with Gasteiger partial charge in [-0.05, 0) is 42.5 Å². The average Bonchev–Trinajstić information content (AvgIpc) is 2.25.